The third kappa shape index (κ3) is 0.226. The summed E-state index contributed by atoms with van der Waals surface area (Å²) in [6, 6.07) is 0. The molecule has 24 valence electrons. The van der Waals surface area contributed by atoms with Crippen LogP contribution in [0.25, 0.3) is 0 Å². The summed E-state index contributed by atoms with van der Waals surface area (Å²) in [4.78, 5) is 0. The maximum Gasteiger partial charge on any atom is 0.0539 e. The molecule has 2 nitrogen and oxygen atoms in total. The standard InChI is InChI=1S/CH5N2P/c1-2-4-3-1/h2-4H,1H2. The summed E-state index contributed by atoms with van der Waals surface area (Å²) in [5.74, 6) is 0. The van der Waals surface area contributed by atoms with Crippen molar-refractivity contribution in [3.8, 4) is 0 Å². The normalized spacial score (nSPS) is 24.0. The van der Waals surface area contributed by atoms with Gasteiger partial charge in [0.1, 0.15) is 0 Å². The van der Waals surface area contributed by atoms with E-state index in [0.717, 1.165) is 15.6 Å². The summed E-state index contributed by atoms with van der Waals surface area (Å²) in [6.07, 6.45) is 0. The Morgan fingerprint density at radius 3 is 1.75 bits per heavy atom. The maximum atomic E-state index is 3.03. The van der Waals surface area contributed by atoms with Gasteiger partial charge in [0.15, 0.2) is 0 Å². The molecule has 0 amide bonds. The lowest BCUT2D eigenvalue weighted by Gasteiger charge is -2.12. The fraction of sp³-hybridized carbons (Fsp3) is 1.00. The molecule has 1 aliphatic heterocycles. The van der Waals surface area contributed by atoms with Crippen molar-refractivity contribution in [2.75, 3.05) is 6.67 Å². The fourth-order valence-electron chi connectivity index (χ4n) is 0.0884. The lowest BCUT2D eigenvalue weighted by molar-refractivity contribution is 0.815. The minimum atomic E-state index is 0.821. The molecule has 0 aromatic heterocycles. The molecule has 0 radical (unpaired) electrons. The van der Waals surface area contributed by atoms with Crippen LogP contribution in [0.2, 0.25) is 0 Å². The van der Waals surface area contributed by atoms with E-state index in [1.165, 1.54) is 0 Å². The molecule has 1 fully saturated rings. The SMILES string of the molecule is C1NPN1. The van der Waals surface area contributed by atoms with Crippen molar-refractivity contribution in [3.63, 3.8) is 0 Å². The van der Waals surface area contributed by atoms with Crippen LogP contribution in [0.1, 0.15) is 0 Å². The topological polar surface area (TPSA) is 24.1 Å². The largest absolute Gasteiger partial charge is 0.273 e. The summed E-state index contributed by atoms with van der Waals surface area (Å²) in [7, 11) is 0.821. The van der Waals surface area contributed by atoms with E-state index in [2.05, 4.69) is 10.2 Å². The van der Waals surface area contributed by atoms with Crippen molar-refractivity contribution in [2.45, 2.75) is 0 Å². The van der Waals surface area contributed by atoms with Gasteiger partial charge in [0, 0.05) is 8.88 Å². The molecule has 0 unspecified atom stereocenters. The highest BCUT2D eigenvalue weighted by atomic mass is 31.1. The minimum Gasteiger partial charge on any atom is -0.273 e. The van der Waals surface area contributed by atoms with E-state index in [0.29, 0.717) is 0 Å². The zero-order valence-corrected chi connectivity index (χ0v) is 3.21. The molecule has 1 rings (SSSR count). The third-order valence-corrected chi connectivity index (χ3v) is 1.06. The molecule has 0 atom stereocenters. The second-order valence-electron chi connectivity index (χ2n) is 0.655. The number of hydrogen-bond donors (Lipinski definition) is 2. The average Bonchev–Trinajstić information content (AvgIpc) is 0.722. The highest BCUT2D eigenvalue weighted by Crippen LogP contribution is 1.99. The van der Waals surface area contributed by atoms with Crippen LogP contribution < -0.4 is 10.2 Å². The maximum absolute atomic E-state index is 3.03. The van der Waals surface area contributed by atoms with Crippen LogP contribution in [-0.4, -0.2) is 6.67 Å². The van der Waals surface area contributed by atoms with E-state index >= 15 is 0 Å². The van der Waals surface area contributed by atoms with Gasteiger partial charge in [-0.2, -0.15) is 0 Å². The van der Waals surface area contributed by atoms with Crippen LogP contribution in [-0.2, 0) is 0 Å². The summed E-state index contributed by atoms with van der Waals surface area (Å²) in [6.45, 7) is 1.01. The van der Waals surface area contributed by atoms with Crippen molar-refractivity contribution >= 4 is 8.88 Å². The molecule has 1 aliphatic rings. The first-order chi connectivity index (χ1) is 2.00. The van der Waals surface area contributed by atoms with Gasteiger partial charge in [-0.25, -0.2) is 0 Å². The Hall–Kier alpha value is 0.350. The van der Waals surface area contributed by atoms with Gasteiger partial charge in [-0.3, -0.25) is 10.2 Å². The highest BCUT2D eigenvalue weighted by Gasteiger charge is 1.89. The van der Waals surface area contributed by atoms with E-state index < -0.39 is 0 Å². The Labute approximate surface area is 26.9 Å². The predicted molar refractivity (Wildman–Crippen MR) is 19.5 cm³/mol. The van der Waals surface area contributed by atoms with Crippen LogP contribution in [0.3, 0.4) is 0 Å². The summed E-state index contributed by atoms with van der Waals surface area (Å²) >= 11 is 0. The van der Waals surface area contributed by atoms with Crippen LogP contribution in [0, 0.1) is 0 Å². The zero-order valence-electron chi connectivity index (χ0n) is 2.21. The number of rotatable bonds is 0. The number of nitrogens with one attached hydrogen (secondary N) is 2. The van der Waals surface area contributed by atoms with E-state index in [9.17, 15) is 0 Å². The zero-order chi connectivity index (χ0) is 2.83. The predicted octanol–water partition coefficient (Wildman–Crippen LogP) is -0.355. The van der Waals surface area contributed by atoms with Crippen molar-refractivity contribution < 1.29 is 0 Å². The minimum absolute atomic E-state index is 0.821. The monoisotopic (exact) mass is 76.0 g/mol. The molecule has 0 aliphatic carbocycles. The lowest BCUT2D eigenvalue weighted by atomic mass is 11.3. The van der Waals surface area contributed by atoms with Crippen LogP contribution >= 0.6 is 8.88 Å². The van der Waals surface area contributed by atoms with Crippen LogP contribution in [0.15, 0.2) is 0 Å². The van der Waals surface area contributed by atoms with E-state index in [1.807, 2.05) is 0 Å². The Morgan fingerprint density at radius 1 is 1.50 bits per heavy atom. The molecule has 0 aromatic carbocycles. The van der Waals surface area contributed by atoms with Crippen molar-refractivity contribution in [1.82, 2.24) is 10.2 Å². The summed E-state index contributed by atoms with van der Waals surface area (Å²) in [5, 5.41) is 6.06. The Balaban J connectivity index is 2.00. The first kappa shape index (κ1) is 2.58. The van der Waals surface area contributed by atoms with Gasteiger partial charge in [0.05, 0.1) is 6.67 Å². The molecule has 0 bridgehead atoms. The van der Waals surface area contributed by atoms with Gasteiger partial charge in [-0.1, -0.05) is 0 Å². The van der Waals surface area contributed by atoms with E-state index in [-0.39, 0.29) is 0 Å². The molecule has 4 heavy (non-hydrogen) atoms. The van der Waals surface area contributed by atoms with E-state index in [4.69, 9.17) is 0 Å². The molecule has 0 saturated carbocycles. The van der Waals surface area contributed by atoms with Crippen molar-refractivity contribution in [2.24, 2.45) is 0 Å². The molecule has 3 heteroatoms. The van der Waals surface area contributed by atoms with Crippen molar-refractivity contribution in [3.05, 3.63) is 0 Å². The quantitative estimate of drug-likeness (QED) is 0.385. The molecular formula is CH5N2P. The molecule has 0 spiro atoms. The second kappa shape index (κ2) is 0.978. The number of hydrogen-bond acceptors (Lipinski definition) is 2. The van der Waals surface area contributed by atoms with Gasteiger partial charge in [-0.05, 0) is 0 Å². The third-order valence-electron chi connectivity index (χ3n) is 0.354. The first-order valence-corrected chi connectivity index (χ1v) is 2.21. The highest BCUT2D eigenvalue weighted by molar-refractivity contribution is 7.34. The van der Waals surface area contributed by atoms with Gasteiger partial charge in [-0.15, -0.1) is 0 Å². The smallest absolute Gasteiger partial charge is 0.0539 e. The van der Waals surface area contributed by atoms with Crippen LogP contribution in [0.5, 0.6) is 0 Å². The Morgan fingerprint density at radius 2 is 1.75 bits per heavy atom. The molecular weight excluding hydrogens is 71.0 g/mol. The average molecular weight is 76.0 g/mol. The Bertz CT molecular complexity index is 14.0. The molecule has 1 heterocycles. The van der Waals surface area contributed by atoms with Crippen molar-refractivity contribution in [1.29, 1.82) is 0 Å². The Kier molecular flexibility index (Phi) is 0.631. The molecule has 2 N–H and O–H groups in total. The van der Waals surface area contributed by atoms with E-state index in [1.54, 1.807) is 0 Å². The van der Waals surface area contributed by atoms with Gasteiger partial charge >= 0.3 is 0 Å². The van der Waals surface area contributed by atoms with Gasteiger partial charge in [0.25, 0.3) is 0 Å². The second-order valence-corrected chi connectivity index (χ2v) is 1.61. The van der Waals surface area contributed by atoms with Gasteiger partial charge < -0.3 is 0 Å². The first-order valence-electron chi connectivity index (χ1n) is 1.21. The van der Waals surface area contributed by atoms with Crippen LogP contribution in [0.4, 0.5) is 0 Å². The lowest BCUT2D eigenvalue weighted by Crippen LogP contribution is -2.30. The molecule has 1 saturated heterocycles. The molecule has 0 aromatic rings. The fourth-order valence-corrected chi connectivity index (χ4v) is 0.265. The van der Waals surface area contributed by atoms with Gasteiger partial charge in [0.2, 0.25) is 0 Å². The summed E-state index contributed by atoms with van der Waals surface area (Å²) in [5.41, 5.74) is 0. The summed E-state index contributed by atoms with van der Waals surface area (Å²) < 4.78 is 0.